The molecule has 2 aliphatic rings. The number of carbonyl (C=O) groups excluding carboxylic acids is 2. The molecule has 1 saturated heterocycles. The minimum atomic E-state index is -4.56. The molecule has 2 heterocycles. The van der Waals surface area contributed by atoms with Crippen LogP contribution in [0.2, 0.25) is 0 Å². The van der Waals surface area contributed by atoms with E-state index in [0.29, 0.717) is 43.1 Å². The average molecular weight is 420 g/mol. The van der Waals surface area contributed by atoms with Crippen LogP contribution in [0.4, 0.5) is 24.5 Å². The Morgan fingerprint density at radius 1 is 1.10 bits per heavy atom. The molecule has 2 aromatic carbocycles. The minimum Gasteiger partial charge on any atom is -0.448 e. The summed E-state index contributed by atoms with van der Waals surface area (Å²) in [5.74, 6) is -1.30. The lowest BCUT2D eigenvalue weighted by Crippen LogP contribution is -2.39. The van der Waals surface area contributed by atoms with Gasteiger partial charge >= 0.3 is 12.1 Å². The summed E-state index contributed by atoms with van der Waals surface area (Å²) in [5.41, 5.74) is 0.649. The summed E-state index contributed by atoms with van der Waals surface area (Å²) in [6.45, 7) is 1.84. The summed E-state index contributed by atoms with van der Waals surface area (Å²) < 4.78 is 50.2. The number of ether oxygens (including phenoxy) is 2. The summed E-state index contributed by atoms with van der Waals surface area (Å²) >= 11 is 0. The number of rotatable bonds is 3. The first-order valence-corrected chi connectivity index (χ1v) is 9.46. The van der Waals surface area contributed by atoms with Crippen LogP contribution in [0.15, 0.2) is 42.5 Å². The lowest BCUT2D eigenvalue weighted by atomic mass is 9.98. The van der Waals surface area contributed by atoms with Gasteiger partial charge in [0.15, 0.2) is 6.10 Å². The molecule has 1 atom stereocenters. The Kier molecular flexibility index (Phi) is 5.38. The SMILES string of the molecule is O=C1O[C@@H](C(=O)Nc2cc(C(F)(F)F)ccc2N2CCOCC2)Cc2ccccc21. The maximum atomic E-state index is 13.2. The molecule has 30 heavy (non-hydrogen) atoms. The van der Waals surface area contributed by atoms with Crippen molar-refractivity contribution in [3.05, 3.63) is 59.2 Å². The van der Waals surface area contributed by atoms with Crippen molar-refractivity contribution in [2.45, 2.75) is 18.7 Å². The zero-order valence-corrected chi connectivity index (χ0v) is 15.9. The van der Waals surface area contributed by atoms with E-state index in [1.807, 2.05) is 4.90 Å². The maximum Gasteiger partial charge on any atom is 0.416 e. The third-order valence-corrected chi connectivity index (χ3v) is 5.12. The number of anilines is 2. The van der Waals surface area contributed by atoms with Crippen LogP contribution in [0, 0.1) is 0 Å². The molecule has 4 rings (SSSR count). The predicted molar refractivity (Wildman–Crippen MR) is 102 cm³/mol. The van der Waals surface area contributed by atoms with Crippen LogP contribution in [0.3, 0.4) is 0 Å². The largest absolute Gasteiger partial charge is 0.448 e. The van der Waals surface area contributed by atoms with E-state index in [1.54, 1.807) is 24.3 Å². The van der Waals surface area contributed by atoms with Gasteiger partial charge in [0.05, 0.1) is 35.7 Å². The number of hydrogen-bond acceptors (Lipinski definition) is 5. The molecule has 158 valence electrons. The summed E-state index contributed by atoms with van der Waals surface area (Å²) in [4.78, 5) is 26.8. The quantitative estimate of drug-likeness (QED) is 0.773. The van der Waals surface area contributed by atoms with Gasteiger partial charge in [-0.15, -0.1) is 0 Å². The number of amides is 1. The number of benzene rings is 2. The monoisotopic (exact) mass is 420 g/mol. The van der Waals surface area contributed by atoms with E-state index in [0.717, 1.165) is 12.1 Å². The van der Waals surface area contributed by atoms with Crippen molar-refractivity contribution in [1.82, 2.24) is 0 Å². The summed E-state index contributed by atoms with van der Waals surface area (Å²) in [6, 6.07) is 9.99. The zero-order chi connectivity index (χ0) is 21.3. The zero-order valence-electron chi connectivity index (χ0n) is 15.9. The number of hydrogen-bond donors (Lipinski definition) is 1. The van der Waals surface area contributed by atoms with Crippen molar-refractivity contribution in [3.63, 3.8) is 0 Å². The molecule has 0 saturated carbocycles. The molecule has 9 heteroatoms. The van der Waals surface area contributed by atoms with E-state index in [1.165, 1.54) is 6.07 Å². The van der Waals surface area contributed by atoms with E-state index in [9.17, 15) is 22.8 Å². The van der Waals surface area contributed by atoms with Gasteiger partial charge in [-0.2, -0.15) is 13.2 Å². The Balaban J connectivity index is 1.61. The van der Waals surface area contributed by atoms with Gasteiger partial charge in [0.1, 0.15) is 0 Å². The van der Waals surface area contributed by atoms with Gasteiger partial charge in [-0.1, -0.05) is 18.2 Å². The third kappa shape index (κ3) is 4.11. The highest BCUT2D eigenvalue weighted by atomic mass is 19.4. The van der Waals surface area contributed by atoms with Gasteiger partial charge in [-0.25, -0.2) is 4.79 Å². The van der Waals surface area contributed by atoms with Crippen molar-refractivity contribution in [2.24, 2.45) is 0 Å². The Bertz CT molecular complexity index is 971. The second-order valence-electron chi connectivity index (χ2n) is 7.07. The Labute approximate surface area is 170 Å². The third-order valence-electron chi connectivity index (χ3n) is 5.12. The predicted octanol–water partition coefficient (Wildman–Crippen LogP) is 3.26. The Morgan fingerprint density at radius 3 is 2.57 bits per heavy atom. The van der Waals surface area contributed by atoms with Crippen LogP contribution < -0.4 is 10.2 Å². The van der Waals surface area contributed by atoms with E-state index in [4.69, 9.17) is 9.47 Å². The fraction of sp³-hybridized carbons (Fsp3) is 0.333. The molecular formula is C21H19F3N2O4. The molecular weight excluding hydrogens is 401 g/mol. The highest BCUT2D eigenvalue weighted by Gasteiger charge is 2.34. The van der Waals surface area contributed by atoms with Crippen molar-refractivity contribution in [2.75, 3.05) is 36.5 Å². The summed E-state index contributed by atoms with van der Waals surface area (Å²) in [6.07, 6.45) is -5.53. The average Bonchev–Trinajstić information content (AvgIpc) is 2.73. The van der Waals surface area contributed by atoms with Gasteiger partial charge < -0.3 is 19.7 Å². The standard InChI is InChI=1S/C21H19F3N2O4/c22-21(23,24)14-5-6-17(26-7-9-29-10-8-26)16(12-14)25-19(27)18-11-13-3-1-2-4-15(13)20(28)30-18/h1-6,12,18H,7-11H2,(H,25,27)/t18-/m1/s1. The van der Waals surface area contributed by atoms with Crippen molar-refractivity contribution in [3.8, 4) is 0 Å². The van der Waals surface area contributed by atoms with E-state index in [-0.39, 0.29) is 12.1 Å². The molecule has 1 amide bonds. The minimum absolute atomic E-state index is 0.0200. The smallest absolute Gasteiger partial charge is 0.416 e. The highest BCUT2D eigenvalue weighted by molar-refractivity contribution is 6.01. The Hall–Kier alpha value is -3.07. The van der Waals surface area contributed by atoms with E-state index < -0.39 is 29.7 Å². The molecule has 1 fully saturated rings. The maximum absolute atomic E-state index is 13.2. The fourth-order valence-corrected chi connectivity index (χ4v) is 3.58. The van der Waals surface area contributed by atoms with Crippen LogP contribution in [0.5, 0.6) is 0 Å². The van der Waals surface area contributed by atoms with Gasteiger partial charge in [0.2, 0.25) is 0 Å². The lowest BCUT2D eigenvalue weighted by molar-refractivity contribution is -0.137. The second-order valence-corrected chi connectivity index (χ2v) is 7.07. The number of nitrogens with zero attached hydrogens (tertiary/aromatic N) is 1. The molecule has 0 spiro atoms. The topological polar surface area (TPSA) is 67.9 Å². The molecule has 0 radical (unpaired) electrons. The Morgan fingerprint density at radius 2 is 1.83 bits per heavy atom. The van der Waals surface area contributed by atoms with Gasteiger partial charge in [-0.05, 0) is 29.8 Å². The molecule has 6 nitrogen and oxygen atoms in total. The van der Waals surface area contributed by atoms with Crippen molar-refractivity contribution in [1.29, 1.82) is 0 Å². The van der Waals surface area contributed by atoms with Gasteiger partial charge in [-0.3, -0.25) is 4.79 Å². The number of alkyl halides is 3. The first-order valence-electron chi connectivity index (χ1n) is 9.46. The second kappa shape index (κ2) is 7.98. The summed E-state index contributed by atoms with van der Waals surface area (Å²) in [5, 5.41) is 2.54. The first-order chi connectivity index (χ1) is 14.3. The summed E-state index contributed by atoms with van der Waals surface area (Å²) in [7, 11) is 0. The number of esters is 1. The molecule has 0 aromatic heterocycles. The van der Waals surface area contributed by atoms with Crippen LogP contribution in [0.1, 0.15) is 21.5 Å². The van der Waals surface area contributed by atoms with Crippen LogP contribution >= 0.6 is 0 Å². The molecule has 2 aromatic rings. The number of nitrogens with one attached hydrogen (secondary N) is 1. The van der Waals surface area contributed by atoms with E-state index >= 15 is 0 Å². The van der Waals surface area contributed by atoms with Crippen LogP contribution in [0.25, 0.3) is 0 Å². The molecule has 2 aliphatic heterocycles. The van der Waals surface area contributed by atoms with Crippen LogP contribution in [-0.2, 0) is 26.9 Å². The van der Waals surface area contributed by atoms with Crippen molar-refractivity contribution >= 4 is 23.3 Å². The lowest BCUT2D eigenvalue weighted by Gasteiger charge is -2.31. The molecule has 0 bridgehead atoms. The van der Waals surface area contributed by atoms with Gasteiger partial charge in [0.25, 0.3) is 5.91 Å². The first kappa shape index (κ1) is 20.2. The highest BCUT2D eigenvalue weighted by Crippen LogP contribution is 2.36. The molecule has 0 aliphatic carbocycles. The number of morpholine rings is 1. The van der Waals surface area contributed by atoms with E-state index in [2.05, 4.69) is 5.32 Å². The van der Waals surface area contributed by atoms with Crippen molar-refractivity contribution < 1.29 is 32.2 Å². The number of carbonyl (C=O) groups is 2. The van der Waals surface area contributed by atoms with Gasteiger partial charge in [0, 0.05) is 19.5 Å². The fourth-order valence-electron chi connectivity index (χ4n) is 3.58. The molecule has 0 unspecified atom stereocenters. The van der Waals surface area contributed by atoms with Crippen LogP contribution in [-0.4, -0.2) is 44.3 Å². The normalized spacial score (nSPS) is 19.1. The number of halogens is 3. The molecule has 1 N–H and O–H groups in total. The number of fused-ring (bicyclic) bond motifs is 1. The number of cyclic esters (lactones) is 1.